The molecule has 0 N–H and O–H groups in total. The van der Waals surface area contributed by atoms with Gasteiger partial charge in [0.2, 0.25) is 0 Å². The molecule has 4 aromatic rings. The normalized spacial score (nSPS) is 11.1. The van der Waals surface area contributed by atoms with Crippen molar-refractivity contribution in [3.05, 3.63) is 83.3 Å². The fourth-order valence-electron chi connectivity index (χ4n) is 3.60. The van der Waals surface area contributed by atoms with Gasteiger partial charge in [-0.15, -0.1) is 0 Å². The molecule has 2 heterocycles. The lowest BCUT2D eigenvalue weighted by Gasteiger charge is -2.24. The van der Waals surface area contributed by atoms with Gasteiger partial charge in [0.15, 0.2) is 5.69 Å². The van der Waals surface area contributed by atoms with E-state index in [0.717, 1.165) is 28.2 Å². The predicted octanol–water partition coefficient (Wildman–Crippen LogP) is 4.38. The van der Waals surface area contributed by atoms with E-state index in [2.05, 4.69) is 27.9 Å². The van der Waals surface area contributed by atoms with Crippen molar-refractivity contribution in [3.63, 3.8) is 0 Å². The highest BCUT2D eigenvalue weighted by molar-refractivity contribution is 6.05. The van der Waals surface area contributed by atoms with Crippen LogP contribution in [-0.4, -0.2) is 20.3 Å². The lowest BCUT2D eigenvalue weighted by atomic mass is 10.1. The van der Waals surface area contributed by atoms with Crippen LogP contribution in [0.4, 0.5) is 5.69 Å². The molecule has 142 valence electrons. The SMILES string of the molecule is Cc1ccccc1N(Cc1cc2ccccc2n1C)C(=O)c1cc(C)n(C)n1. The number of amides is 1. The largest absolute Gasteiger partial charge is 0.346 e. The molecule has 5 nitrogen and oxygen atoms in total. The molecule has 2 aromatic heterocycles. The van der Waals surface area contributed by atoms with Gasteiger partial charge in [-0.2, -0.15) is 5.10 Å². The van der Waals surface area contributed by atoms with Gasteiger partial charge in [0.1, 0.15) is 0 Å². The maximum Gasteiger partial charge on any atom is 0.279 e. The van der Waals surface area contributed by atoms with Crippen molar-refractivity contribution in [2.45, 2.75) is 20.4 Å². The molecule has 0 aliphatic carbocycles. The number of carbonyl (C=O) groups excluding carboxylic acids is 1. The van der Waals surface area contributed by atoms with Gasteiger partial charge < -0.3 is 9.47 Å². The van der Waals surface area contributed by atoms with Gasteiger partial charge in [0, 0.05) is 36.7 Å². The number of aryl methyl sites for hydroxylation is 4. The van der Waals surface area contributed by atoms with Crippen LogP contribution in [0.2, 0.25) is 0 Å². The third-order valence-corrected chi connectivity index (χ3v) is 5.36. The van der Waals surface area contributed by atoms with Gasteiger partial charge in [0.05, 0.1) is 6.54 Å². The summed E-state index contributed by atoms with van der Waals surface area (Å²) < 4.78 is 3.89. The Morgan fingerprint density at radius 2 is 1.71 bits per heavy atom. The number of fused-ring (bicyclic) bond motifs is 1. The summed E-state index contributed by atoms with van der Waals surface area (Å²) in [5, 5.41) is 5.58. The quantitative estimate of drug-likeness (QED) is 0.534. The van der Waals surface area contributed by atoms with E-state index >= 15 is 0 Å². The average Bonchev–Trinajstić information content (AvgIpc) is 3.19. The third-order valence-electron chi connectivity index (χ3n) is 5.36. The van der Waals surface area contributed by atoms with Gasteiger partial charge in [-0.1, -0.05) is 36.4 Å². The van der Waals surface area contributed by atoms with Crippen molar-refractivity contribution in [1.29, 1.82) is 0 Å². The van der Waals surface area contributed by atoms with Crippen LogP contribution in [-0.2, 0) is 20.6 Å². The lowest BCUT2D eigenvalue weighted by Crippen LogP contribution is -2.32. The van der Waals surface area contributed by atoms with Crippen molar-refractivity contribution >= 4 is 22.5 Å². The summed E-state index contributed by atoms with van der Waals surface area (Å²) in [4.78, 5) is 15.3. The predicted molar refractivity (Wildman–Crippen MR) is 113 cm³/mol. The minimum Gasteiger partial charge on any atom is -0.346 e. The summed E-state index contributed by atoms with van der Waals surface area (Å²) in [5.74, 6) is -0.0942. The smallest absolute Gasteiger partial charge is 0.279 e. The second-order valence-electron chi connectivity index (χ2n) is 7.23. The number of benzene rings is 2. The van der Waals surface area contributed by atoms with E-state index in [1.807, 2.05) is 75.3 Å². The highest BCUT2D eigenvalue weighted by atomic mass is 16.2. The van der Waals surface area contributed by atoms with E-state index in [1.165, 1.54) is 5.39 Å². The lowest BCUT2D eigenvalue weighted by molar-refractivity contribution is 0.0979. The number of rotatable bonds is 4. The molecular formula is C23H24N4O. The molecule has 0 aliphatic rings. The van der Waals surface area contributed by atoms with Crippen LogP contribution in [0.5, 0.6) is 0 Å². The second-order valence-corrected chi connectivity index (χ2v) is 7.23. The summed E-state index contributed by atoms with van der Waals surface area (Å²) in [5.41, 5.74) is 5.61. The molecule has 0 saturated heterocycles. The number of hydrogen-bond acceptors (Lipinski definition) is 2. The fourth-order valence-corrected chi connectivity index (χ4v) is 3.60. The summed E-state index contributed by atoms with van der Waals surface area (Å²) in [6.07, 6.45) is 0. The van der Waals surface area contributed by atoms with Crippen LogP contribution in [0.15, 0.2) is 60.7 Å². The van der Waals surface area contributed by atoms with E-state index in [-0.39, 0.29) is 5.91 Å². The van der Waals surface area contributed by atoms with Gasteiger partial charge in [0.25, 0.3) is 5.91 Å². The van der Waals surface area contributed by atoms with Gasteiger partial charge in [-0.05, 0) is 49.1 Å². The maximum absolute atomic E-state index is 13.4. The van der Waals surface area contributed by atoms with Crippen LogP contribution < -0.4 is 4.90 Å². The first kappa shape index (κ1) is 18.0. The van der Waals surface area contributed by atoms with E-state index in [1.54, 1.807) is 4.68 Å². The monoisotopic (exact) mass is 372 g/mol. The summed E-state index contributed by atoms with van der Waals surface area (Å²) in [7, 11) is 3.90. The van der Waals surface area contributed by atoms with E-state index in [9.17, 15) is 4.79 Å². The molecule has 0 fully saturated rings. The first-order valence-corrected chi connectivity index (χ1v) is 9.37. The summed E-state index contributed by atoms with van der Waals surface area (Å²) in [6, 6.07) is 20.2. The van der Waals surface area contributed by atoms with Gasteiger partial charge >= 0.3 is 0 Å². The Bertz CT molecular complexity index is 1150. The molecule has 0 aliphatic heterocycles. The first-order valence-electron chi connectivity index (χ1n) is 9.37. The number of nitrogens with zero attached hydrogens (tertiary/aromatic N) is 4. The fraction of sp³-hybridized carbons (Fsp3) is 0.217. The zero-order valence-corrected chi connectivity index (χ0v) is 16.7. The molecule has 0 unspecified atom stereocenters. The topological polar surface area (TPSA) is 43.1 Å². The number of anilines is 1. The summed E-state index contributed by atoms with van der Waals surface area (Å²) >= 11 is 0. The standard InChI is InChI=1S/C23H24N4O/c1-16-9-5-7-11-21(16)27(23(28)20-13-17(2)26(4)24-20)15-19-14-18-10-6-8-12-22(18)25(19)3/h5-14H,15H2,1-4H3. The van der Waals surface area contributed by atoms with Crippen molar-refractivity contribution in [2.24, 2.45) is 14.1 Å². The minimum atomic E-state index is -0.0942. The van der Waals surface area contributed by atoms with E-state index in [4.69, 9.17) is 0 Å². The third kappa shape index (κ3) is 3.09. The van der Waals surface area contributed by atoms with Crippen LogP contribution in [0.1, 0.15) is 27.4 Å². The molecule has 2 aromatic carbocycles. The molecule has 0 spiro atoms. The number of carbonyl (C=O) groups is 1. The van der Waals surface area contributed by atoms with E-state index in [0.29, 0.717) is 12.2 Å². The number of aromatic nitrogens is 3. The van der Waals surface area contributed by atoms with Crippen LogP contribution in [0.3, 0.4) is 0 Å². The Morgan fingerprint density at radius 3 is 2.39 bits per heavy atom. The highest BCUT2D eigenvalue weighted by Crippen LogP contribution is 2.26. The Morgan fingerprint density at radius 1 is 1.00 bits per heavy atom. The molecule has 0 saturated carbocycles. The zero-order valence-electron chi connectivity index (χ0n) is 16.7. The molecular weight excluding hydrogens is 348 g/mol. The Hall–Kier alpha value is -3.34. The van der Waals surface area contributed by atoms with Crippen molar-refractivity contribution < 1.29 is 4.79 Å². The summed E-state index contributed by atoms with van der Waals surface area (Å²) in [6.45, 7) is 4.46. The number of para-hydroxylation sites is 2. The van der Waals surface area contributed by atoms with Crippen molar-refractivity contribution in [1.82, 2.24) is 14.3 Å². The Balaban J connectivity index is 1.79. The average molecular weight is 372 g/mol. The first-order chi connectivity index (χ1) is 13.5. The second kappa shape index (κ2) is 7.00. The van der Waals surface area contributed by atoms with Gasteiger partial charge in [-0.25, -0.2) is 0 Å². The molecule has 1 amide bonds. The Labute approximate surface area is 164 Å². The van der Waals surface area contributed by atoms with Crippen LogP contribution >= 0.6 is 0 Å². The van der Waals surface area contributed by atoms with Gasteiger partial charge in [-0.3, -0.25) is 9.48 Å². The minimum absolute atomic E-state index is 0.0942. The highest BCUT2D eigenvalue weighted by Gasteiger charge is 2.23. The van der Waals surface area contributed by atoms with Crippen molar-refractivity contribution in [3.8, 4) is 0 Å². The van der Waals surface area contributed by atoms with Crippen molar-refractivity contribution in [2.75, 3.05) is 4.90 Å². The van der Waals surface area contributed by atoms with Crippen LogP contribution in [0, 0.1) is 13.8 Å². The molecule has 0 radical (unpaired) electrons. The van der Waals surface area contributed by atoms with Crippen LogP contribution in [0.25, 0.3) is 10.9 Å². The Kier molecular flexibility index (Phi) is 4.51. The molecule has 28 heavy (non-hydrogen) atoms. The zero-order chi connectivity index (χ0) is 19.8. The number of hydrogen-bond donors (Lipinski definition) is 0. The molecule has 0 atom stereocenters. The molecule has 5 heteroatoms. The molecule has 0 bridgehead atoms. The maximum atomic E-state index is 13.4. The molecule has 4 rings (SSSR count). The van der Waals surface area contributed by atoms with E-state index < -0.39 is 0 Å².